The Hall–Kier alpha value is -6.40. The maximum atomic E-state index is 14.0. The predicted molar refractivity (Wildman–Crippen MR) is 251 cm³/mol. The number of anilines is 2. The highest BCUT2D eigenvalue weighted by Gasteiger charge is 2.44. The number of β-amino-alcohol motifs (C(OH)–C–C–N with tert-alkyl or cyclic N) is 1. The van der Waals surface area contributed by atoms with Crippen LogP contribution >= 0.6 is 11.3 Å². The first kappa shape index (κ1) is 49.5. The van der Waals surface area contributed by atoms with E-state index in [1.807, 2.05) is 42.1 Å². The lowest BCUT2D eigenvalue weighted by molar-refractivity contribution is -0.144. The molecule has 2 aromatic carbocycles. The molecule has 1 fully saturated rings. The van der Waals surface area contributed by atoms with Gasteiger partial charge in [-0.2, -0.15) is 19.0 Å². The summed E-state index contributed by atoms with van der Waals surface area (Å²) in [5.74, 6) is -4.78. The molecule has 1 aliphatic heterocycles. The van der Waals surface area contributed by atoms with Gasteiger partial charge in [0.1, 0.15) is 30.2 Å². The number of nitrogens with zero attached hydrogens (tertiary/aromatic N) is 7. The van der Waals surface area contributed by atoms with Crippen LogP contribution in [-0.4, -0.2) is 123 Å². The van der Waals surface area contributed by atoms with Crippen LogP contribution in [0.4, 0.5) is 20.3 Å². The number of aliphatic hydroxyl groups excluding tert-OH is 1. The molecule has 6 aromatic rings. The Morgan fingerprint density at radius 1 is 0.985 bits per heavy atom. The number of hydrogen-bond acceptors (Lipinski definition) is 14. The topological polar surface area (TPSA) is 251 Å². The van der Waals surface area contributed by atoms with Crippen LogP contribution in [0.1, 0.15) is 38.4 Å². The highest BCUT2D eigenvalue weighted by molar-refractivity contribution is 7.93. The molecule has 362 valence electrons. The van der Waals surface area contributed by atoms with Crippen molar-refractivity contribution in [1.82, 2.24) is 45.1 Å². The van der Waals surface area contributed by atoms with E-state index in [9.17, 15) is 36.7 Å². The lowest BCUT2D eigenvalue weighted by Crippen LogP contribution is -2.58. The molecule has 68 heavy (non-hydrogen) atoms. The number of hydrogen-bond donors (Lipinski definition) is 5. The molecule has 0 aliphatic carbocycles. The first-order chi connectivity index (χ1) is 32.3. The van der Waals surface area contributed by atoms with Crippen molar-refractivity contribution in [2.75, 3.05) is 43.4 Å². The molecule has 3 atom stereocenters. The van der Waals surface area contributed by atoms with Crippen molar-refractivity contribution in [3.63, 3.8) is 0 Å². The van der Waals surface area contributed by atoms with Crippen molar-refractivity contribution in [3.05, 3.63) is 83.9 Å². The van der Waals surface area contributed by atoms with E-state index in [2.05, 4.69) is 30.8 Å². The van der Waals surface area contributed by atoms with Gasteiger partial charge in [-0.25, -0.2) is 18.4 Å². The number of nitrogens with two attached hydrogens (primary N) is 1. The number of halogens is 2. The summed E-state index contributed by atoms with van der Waals surface area (Å²) in [6.45, 7) is 8.11. The SMILES string of the molecule is Cc1ncsc1-c1ccc(CNC(=O)[C@@H]2C[C@@H](O)CN2C(=O)[C@@H](NC(=O)COCCOCCn2cc(-c3cnc(N)c4c(-c5ccc(NS(=O)(=O)C(F)F)cc5)nn(C)c34)cn2)C(C)(C)C)cc1. The van der Waals surface area contributed by atoms with Crippen molar-refractivity contribution in [3.8, 4) is 32.8 Å². The number of carbonyl (C=O) groups is 3. The number of rotatable bonds is 19. The monoisotopic (exact) mass is 977 g/mol. The third kappa shape index (κ3) is 11.5. The molecule has 1 aliphatic rings. The van der Waals surface area contributed by atoms with Crippen LogP contribution in [0.2, 0.25) is 0 Å². The number of aliphatic hydroxyl groups is 1. The van der Waals surface area contributed by atoms with Crippen LogP contribution in [0.15, 0.2) is 72.6 Å². The van der Waals surface area contributed by atoms with Gasteiger partial charge in [0, 0.05) is 61.3 Å². The van der Waals surface area contributed by atoms with Crippen LogP contribution in [0.25, 0.3) is 43.7 Å². The molecule has 1 saturated heterocycles. The number of pyridine rings is 1. The summed E-state index contributed by atoms with van der Waals surface area (Å²) in [5, 5.41) is 25.9. The lowest BCUT2D eigenvalue weighted by Gasteiger charge is -2.35. The summed E-state index contributed by atoms with van der Waals surface area (Å²) in [6.07, 6.45) is 4.24. The van der Waals surface area contributed by atoms with Gasteiger partial charge >= 0.3 is 5.76 Å². The van der Waals surface area contributed by atoms with Gasteiger partial charge in [0.15, 0.2) is 0 Å². The first-order valence-electron chi connectivity index (χ1n) is 21.6. The van der Waals surface area contributed by atoms with E-state index < -0.39 is 57.1 Å². The smallest absolute Gasteiger partial charge is 0.355 e. The van der Waals surface area contributed by atoms with Crippen LogP contribution < -0.4 is 21.1 Å². The molecule has 7 rings (SSSR count). The Morgan fingerprint density at radius 3 is 2.37 bits per heavy atom. The van der Waals surface area contributed by atoms with Gasteiger partial charge in [0.2, 0.25) is 17.7 Å². The van der Waals surface area contributed by atoms with Crippen molar-refractivity contribution >= 4 is 61.5 Å². The Balaban J connectivity index is 0.867. The molecule has 3 amide bonds. The van der Waals surface area contributed by atoms with Crippen molar-refractivity contribution < 1.29 is 46.2 Å². The highest BCUT2D eigenvalue weighted by Crippen LogP contribution is 2.37. The van der Waals surface area contributed by atoms with Gasteiger partial charge in [-0.15, -0.1) is 11.3 Å². The Bertz CT molecular complexity index is 2860. The number of ether oxygens (including phenoxy) is 2. The van der Waals surface area contributed by atoms with Crippen molar-refractivity contribution in [2.24, 2.45) is 12.5 Å². The average Bonchev–Trinajstić information content (AvgIpc) is 4.11. The molecule has 0 spiro atoms. The standard InChI is InChI=1S/C45H53F2N11O8S2/c1-26-39(67-25-51-26)29-8-6-27(7-9-29)19-50-42(61)34-18-32(59)23-58(34)43(62)40(45(2,3)4)53-35(60)24-66-17-16-65-15-14-57-22-30(20-52-57)33-21-49-41(48)36-37(54-56(5)38(33)36)28-10-12-31(13-11-28)55-68(63,64)44(46)47/h6-13,20-22,25,32,34,40,44,55,59H,14-19,23-24H2,1-5H3,(H2,48,49)(H,50,61)(H,53,60)/t32-,34+,40-/m1/s1. The number of carbonyl (C=O) groups excluding carboxylic acids is 3. The van der Waals surface area contributed by atoms with Gasteiger partial charge in [0.25, 0.3) is 10.0 Å². The fraction of sp³-hybridized carbons (Fsp3) is 0.400. The lowest BCUT2D eigenvalue weighted by atomic mass is 9.85. The number of amides is 3. The third-order valence-corrected chi connectivity index (χ3v) is 13.2. The summed E-state index contributed by atoms with van der Waals surface area (Å²) in [4.78, 5) is 51.6. The maximum Gasteiger partial charge on any atom is 0.355 e. The molecule has 23 heteroatoms. The maximum absolute atomic E-state index is 14.0. The third-order valence-electron chi connectivity index (χ3n) is 11.3. The van der Waals surface area contributed by atoms with Crippen LogP contribution in [0.3, 0.4) is 0 Å². The molecule has 0 saturated carbocycles. The van der Waals surface area contributed by atoms with E-state index in [1.54, 1.807) is 66.4 Å². The normalized spacial score (nSPS) is 15.8. The van der Waals surface area contributed by atoms with Crippen LogP contribution in [-0.2, 0) is 54.0 Å². The molecule has 4 aromatic heterocycles. The molecular weight excluding hydrogens is 925 g/mol. The van der Waals surface area contributed by atoms with Crippen molar-refractivity contribution in [2.45, 2.75) is 71.2 Å². The number of nitrogen functional groups attached to an aromatic ring is 1. The Labute approximate surface area is 395 Å². The highest BCUT2D eigenvalue weighted by atomic mass is 32.2. The van der Waals surface area contributed by atoms with Gasteiger partial charge in [0.05, 0.1) is 65.7 Å². The molecule has 5 heterocycles. The zero-order valence-corrected chi connectivity index (χ0v) is 39.6. The van der Waals surface area contributed by atoms with Gasteiger partial charge in [-0.3, -0.25) is 28.5 Å². The van der Waals surface area contributed by atoms with Crippen molar-refractivity contribution in [1.29, 1.82) is 0 Å². The second kappa shape index (κ2) is 20.9. The summed E-state index contributed by atoms with van der Waals surface area (Å²) < 4.78 is 65.4. The minimum Gasteiger partial charge on any atom is -0.391 e. The Kier molecular flexibility index (Phi) is 15.2. The van der Waals surface area contributed by atoms with Gasteiger partial charge in [-0.1, -0.05) is 57.2 Å². The molecule has 19 nitrogen and oxygen atoms in total. The van der Waals surface area contributed by atoms with Gasteiger partial charge < -0.3 is 35.8 Å². The number of benzene rings is 2. The van der Waals surface area contributed by atoms with E-state index in [4.69, 9.17) is 15.2 Å². The number of sulfonamides is 1. The fourth-order valence-electron chi connectivity index (χ4n) is 7.80. The quantitative estimate of drug-likeness (QED) is 0.0711. The zero-order chi connectivity index (χ0) is 48.9. The number of thiazole rings is 1. The van der Waals surface area contributed by atoms with Crippen LogP contribution in [0, 0.1) is 12.3 Å². The zero-order valence-electron chi connectivity index (χ0n) is 38.0. The van der Waals surface area contributed by atoms with E-state index in [0.717, 1.165) is 27.3 Å². The van der Waals surface area contributed by atoms with E-state index in [1.165, 1.54) is 29.2 Å². The van der Waals surface area contributed by atoms with E-state index in [-0.39, 0.29) is 57.4 Å². The number of likely N-dealkylation sites (tertiary alicyclic amines) is 1. The second-order valence-corrected chi connectivity index (χ2v) is 19.8. The fourth-order valence-corrected chi connectivity index (χ4v) is 9.17. The van der Waals surface area contributed by atoms with Crippen LogP contribution in [0.5, 0.6) is 0 Å². The molecule has 0 unspecified atom stereocenters. The first-order valence-corrected chi connectivity index (χ1v) is 24.0. The molecule has 6 N–H and O–H groups in total. The van der Waals surface area contributed by atoms with E-state index in [0.29, 0.717) is 34.3 Å². The summed E-state index contributed by atoms with van der Waals surface area (Å²) >= 11 is 1.56. The van der Waals surface area contributed by atoms with E-state index >= 15 is 0 Å². The molecular formula is C45H53F2N11O8S2. The largest absolute Gasteiger partial charge is 0.391 e. The predicted octanol–water partition coefficient (Wildman–Crippen LogP) is 4.32. The summed E-state index contributed by atoms with van der Waals surface area (Å²) in [5.41, 5.74) is 13.3. The second-order valence-electron chi connectivity index (χ2n) is 17.3. The number of nitrogens with one attached hydrogen (secondary N) is 3. The number of fused-ring (bicyclic) bond motifs is 1. The van der Waals surface area contributed by atoms with Gasteiger partial charge in [-0.05, 0) is 35.6 Å². The number of aromatic nitrogens is 6. The molecule has 0 bridgehead atoms. The summed E-state index contributed by atoms with van der Waals surface area (Å²) in [6, 6.07) is 11.6. The molecule has 0 radical (unpaired) electrons. The average molecular weight is 978 g/mol. The number of alkyl halides is 2. The minimum atomic E-state index is -4.83. The minimum absolute atomic E-state index is 0.0376. The number of aryl methyl sites for hydroxylation is 2. The summed E-state index contributed by atoms with van der Waals surface area (Å²) in [7, 11) is -3.10. The Morgan fingerprint density at radius 2 is 1.69 bits per heavy atom.